The Morgan fingerprint density at radius 2 is 2.07 bits per heavy atom. The van der Waals surface area contributed by atoms with Crippen molar-refractivity contribution in [1.82, 2.24) is 9.78 Å². The summed E-state index contributed by atoms with van der Waals surface area (Å²) in [6.45, 7) is 6.65. The zero-order chi connectivity index (χ0) is 11.8. The van der Waals surface area contributed by atoms with Crippen LogP contribution in [0.3, 0.4) is 0 Å². The second-order valence-corrected chi connectivity index (χ2v) is 3.97. The van der Waals surface area contributed by atoms with E-state index in [0.717, 1.165) is 0 Å². The van der Waals surface area contributed by atoms with Gasteiger partial charge < -0.3 is 5.11 Å². The molecule has 0 bridgehead atoms. The Kier molecular flexibility index (Phi) is 7.19. The number of aliphatic hydroxyl groups excluding tert-OH is 1. The fraction of sp³-hybridized carbons (Fsp3) is 0.667. The van der Waals surface area contributed by atoms with Crippen LogP contribution in [0, 0.1) is 0 Å². The standard InChI is InChI=1S/C6H11N3O2S.C3H8/c1-2-9-5(4-10)3-6(8-9)12(7)11;1-3-2/h3,10H,2,4,7H2,1H3;3H2,1-2H3. The highest BCUT2D eigenvalue weighted by molar-refractivity contribution is 7.82. The summed E-state index contributed by atoms with van der Waals surface area (Å²) in [7, 11) is -1.56. The molecule has 88 valence electrons. The Labute approximate surface area is 92.9 Å². The number of aryl methyl sites for hydroxylation is 1. The van der Waals surface area contributed by atoms with Crippen LogP contribution in [0.5, 0.6) is 0 Å². The molecule has 0 amide bonds. The predicted octanol–water partition coefficient (Wildman–Crippen LogP) is 0.793. The fourth-order valence-electron chi connectivity index (χ4n) is 0.928. The van der Waals surface area contributed by atoms with E-state index in [9.17, 15) is 4.21 Å². The molecule has 0 saturated carbocycles. The van der Waals surface area contributed by atoms with Crippen molar-refractivity contribution >= 4 is 11.0 Å². The van der Waals surface area contributed by atoms with Crippen LogP contribution in [0.4, 0.5) is 0 Å². The summed E-state index contributed by atoms with van der Waals surface area (Å²) in [4.78, 5) is 0. The zero-order valence-corrected chi connectivity index (χ0v) is 10.3. The van der Waals surface area contributed by atoms with E-state index in [-0.39, 0.29) is 6.61 Å². The van der Waals surface area contributed by atoms with Crippen molar-refractivity contribution in [2.45, 2.75) is 45.4 Å². The molecule has 6 heteroatoms. The summed E-state index contributed by atoms with van der Waals surface area (Å²) in [6.07, 6.45) is 1.25. The maximum atomic E-state index is 10.8. The maximum absolute atomic E-state index is 10.8. The lowest BCUT2D eigenvalue weighted by atomic mass is 10.4. The first kappa shape index (κ1) is 14.3. The molecule has 0 aromatic carbocycles. The fourth-order valence-corrected chi connectivity index (χ4v) is 1.36. The molecule has 1 unspecified atom stereocenters. The number of nitrogens with zero attached hydrogens (tertiary/aromatic N) is 2. The van der Waals surface area contributed by atoms with Crippen molar-refractivity contribution in [1.29, 1.82) is 0 Å². The average Bonchev–Trinajstić information content (AvgIpc) is 2.61. The third kappa shape index (κ3) is 4.55. The van der Waals surface area contributed by atoms with Gasteiger partial charge in [-0.2, -0.15) is 5.10 Å². The largest absolute Gasteiger partial charge is 0.390 e. The highest BCUT2D eigenvalue weighted by Gasteiger charge is 2.08. The molecule has 0 aliphatic heterocycles. The number of aliphatic hydroxyl groups is 1. The number of nitrogens with two attached hydrogens (primary N) is 1. The molecule has 0 aliphatic carbocycles. The Morgan fingerprint density at radius 1 is 1.53 bits per heavy atom. The van der Waals surface area contributed by atoms with E-state index < -0.39 is 11.0 Å². The lowest BCUT2D eigenvalue weighted by Crippen LogP contribution is -2.05. The van der Waals surface area contributed by atoms with Gasteiger partial charge in [-0.05, 0) is 13.0 Å². The normalized spacial score (nSPS) is 11.8. The minimum absolute atomic E-state index is 0.113. The first-order chi connectivity index (χ1) is 7.10. The lowest BCUT2D eigenvalue weighted by molar-refractivity contribution is 0.268. The molecular formula is C9H19N3O2S. The molecule has 0 fully saturated rings. The van der Waals surface area contributed by atoms with Gasteiger partial charge in [0.25, 0.3) is 0 Å². The van der Waals surface area contributed by atoms with E-state index in [1.165, 1.54) is 6.42 Å². The second kappa shape index (κ2) is 7.56. The van der Waals surface area contributed by atoms with Gasteiger partial charge in [-0.1, -0.05) is 20.3 Å². The van der Waals surface area contributed by atoms with Crippen LogP contribution in [0.25, 0.3) is 0 Å². The Balaban J connectivity index is 0.000000583. The van der Waals surface area contributed by atoms with Crippen LogP contribution in [-0.2, 0) is 24.1 Å². The van der Waals surface area contributed by atoms with Crippen molar-refractivity contribution < 1.29 is 9.32 Å². The predicted molar refractivity (Wildman–Crippen MR) is 60.4 cm³/mol. The number of hydrogen-bond acceptors (Lipinski definition) is 3. The van der Waals surface area contributed by atoms with Gasteiger partial charge in [-0.3, -0.25) is 4.68 Å². The zero-order valence-electron chi connectivity index (χ0n) is 9.43. The van der Waals surface area contributed by atoms with Crippen molar-refractivity contribution in [3.05, 3.63) is 11.8 Å². The van der Waals surface area contributed by atoms with Crippen molar-refractivity contribution in [2.75, 3.05) is 0 Å². The summed E-state index contributed by atoms with van der Waals surface area (Å²) >= 11 is 0. The quantitative estimate of drug-likeness (QED) is 0.810. The number of rotatable bonds is 3. The van der Waals surface area contributed by atoms with Gasteiger partial charge in [0.2, 0.25) is 0 Å². The minimum atomic E-state index is -1.56. The molecule has 0 spiro atoms. The van der Waals surface area contributed by atoms with Gasteiger partial charge >= 0.3 is 0 Å². The van der Waals surface area contributed by atoms with Crippen molar-refractivity contribution in [3.63, 3.8) is 0 Å². The average molecular weight is 233 g/mol. The Bertz CT molecular complexity index is 291. The lowest BCUT2D eigenvalue weighted by Gasteiger charge is -1.98. The van der Waals surface area contributed by atoms with Crippen LogP contribution in [0.2, 0.25) is 0 Å². The van der Waals surface area contributed by atoms with Crippen molar-refractivity contribution in [3.8, 4) is 0 Å². The van der Waals surface area contributed by atoms with Crippen molar-refractivity contribution in [2.24, 2.45) is 5.14 Å². The molecule has 5 nitrogen and oxygen atoms in total. The molecule has 0 aliphatic rings. The van der Waals surface area contributed by atoms with E-state index in [4.69, 9.17) is 10.2 Å². The van der Waals surface area contributed by atoms with Crippen LogP contribution in [-0.4, -0.2) is 19.1 Å². The molecule has 1 rings (SSSR count). The summed E-state index contributed by atoms with van der Waals surface area (Å²) in [5.41, 5.74) is 0.631. The molecule has 0 radical (unpaired) electrons. The van der Waals surface area contributed by atoms with E-state index in [1.807, 2.05) is 6.92 Å². The molecule has 1 aromatic heterocycles. The third-order valence-electron chi connectivity index (χ3n) is 1.51. The molecule has 1 atom stereocenters. The van der Waals surface area contributed by atoms with Gasteiger partial charge in [0.15, 0.2) is 5.03 Å². The first-order valence-electron chi connectivity index (χ1n) is 4.94. The molecule has 15 heavy (non-hydrogen) atoms. The molecular weight excluding hydrogens is 214 g/mol. The minimum Gasteiger partial charge on any atom is -0.390 e. The second-order valence-electron chi connectivity index (χ2n) is 2.95. The third-order valence-corrected chi connectivity index (χ3v) is 2.12. The summed E-state index contributed by atoms with van der Waals surface area (Å²) in [5, 5.41) is 18.2. The Hall–Kier alpha value is -0.720. The highest BCUT2D eigenvalue weighted by Crippen LogP contribution is 2.06. The van der Waals surface area contributed by atoms with E-state index >= 15 is 0 Å². The summed E-state index contributed by atoms with van der Waals surface area (Å²) < 4.78 is 12.3. The van der Waals surface area contributed by atoms with E-state index in [2.05, 4.69) is 18.9 Å². The van der Waals surface area contributed by atoms with Crippen LogP contribution in [0.15, 0.2) is 11.1 Å². The van der Waals surface area contributed by atoms with Crippen LogP contribution in [0.1, 0.15) is 32.9 Å². The van der Waals surface area contributed by atoms with Crippen LogP contribution >= 0.6 is 0 Å². The van der Waals surface area contributed by atoms with Gasteiger partial charge in [-0.15, -0.1) is 0 Å². The molecule has 0 saturated heterocycles. The monoisotopic (exact) mass is 233 g/mol. The summed E-state index contributed by atoms with van der Waals surface area (Å²) in [6, 6.07) is 1.54. The van der Waals surface area contributed by atoms with Crippen LogP contribution < -0.4 is 5.14 Å². The van der Waals surface area contributed by atoms with Gasteiger partial charge in [0.1, 0.15) is 11.0 Å². The number of aromatic nitrogens is 2. The molecule has 1 aromatic rings. The number of hydrogen-bond donors (Lipinski definition) is 2. The first-order valence-corrected chi connectivity index (χ1v) is 6.15. The molecule has 3 N–H and O–H groups in total. The SMILES string of the molecule is CCC.CCn1nc(S(N)=O)cc1CO. The highest BCUT2D eigenvalue weighted by atomic mass is 32.2. The van der Waals surface area contributed by atoms with E-state index in [1.54, 1.807) is 10.7 Å². The van der Waals surface area contributed by atoms with Gasteiger partial charge in [-0.25, -0.2) is 9.35 Å². The van der Waals surface area contributed by atoms with E-state index in [0.29, 0.717) is 17.3 Å². The maximum Gasteiger partial charge on any atom is 0.164 e. The Morgan fingerprint density at radius 3 is 2.33 bits per heavy atom. The van der Waals surface area contributed by atoms with Gasteiger partial charge in [0.05, 0.1) is 12.3 Å². The van der Waals surface area contributed by atoms with Gasteiger partial charge in [0, 0.05) is 6.54 Å². The summed E-state index contributed by atoms with van der Waals surface area (Å²) in [5.74, 6) is 0. The molecule has 1 heterocycles. The smallest absolute Gasteiger partial charge is 0.164 e. The topological polar surface area (TPSA) is 81.1 Å².